The van der Waals surface area contributed by atoms with Crippen LogP contribution in [0, 0.1) is 0 Å². The Hall–Kier alpha value is -2.07. The number of rotatable bonds is 5. The Balaban J connectivity index is 2.23. The molecule has 1 heterocycles. The van der Waals surface area contributed by atoms with Gasteiger partial charge in [-0.05, 0) is 12.1 Å². The van der Waals surface area contributed by atoms with Crippen molar-refractivity contribution in [1.82, 2.24) is 4.98 Å². The number of anilines is 1. The van der Waals surface area contributed by atoms with Gasteiger partial charge in [-0.15, -0.1) is 0 Å². The van der Waals surface area contributed by atoms with Crippen molar-refractivity contribution in [3.05, 3.63) is 53.7 Å². The summed E-state index contributed by atoms with van der Waals surface area (Å²) in [6, 6.07) is 11.9. The van der Waals surface area contributed by atoms with Crippen LogP contribution in [0.15, 0.2) is 42.6 Å². The van der Waals surface area contributed by atoms with Crippen LogP contribution in [0.5, 0.6) is 5.75 Å². The van der Waals surface area contributed by atoms with Gasteiger partial charge in [0.25, 0.3) is 0 Å². The van der Waals surface area contributed by atoms with Gasteiger partial charge in [0.2, 0.25) is 0 Å². The summed E-state index contributed by atoms with van der Waals surface area (Å²) in [5.41, 5.74) is 7.91. The SMILES string of the molecule is COc1ccccc1CN(C)c1ncccc1CN. The number of pyridine rings is 1. The molecular weight excluding hydrogens is 238 g/mol. The third-order valence-electron chi connectivity index (χ3n) is 3.05. The molecule has 0 spiro atoms. The first-order chi connectivity index (χ1) is 9.26. The standard InChI is InChI=1S/C15H19N3O/c1-18(15-12(10-16)7-5-9-17-15)11-13-6-3-4-8-14(13)19-2/h3-9H,10-11,16H2,1-2H3. The Morgan fingerprint density at radius 1 is 1.16 bits per heavy atom. The first-order valence-electron chi connectivity index (χ1n) is 6.23. The van der Waals surface area contributed by atoms with Crippen molar-refractivity contribution in [1.29, 1.82) is 0 Å². The van der Waals surface area contributed by atoms with E-state index in [0.717, 1.165) is 29.2 Å². The van der Waals surface area contributed by atoms with Gasteiger partial charge < -0.3 is 15.4 Å². The Morgan fingerprint density at radius 2 is 1.89 bits per heavy atom. The van der Waals surface area contributed by atoms with Crippen molar-refractivity contribution in [2.45, 2.75) is 13.1 Å². The lowest BCUT2D eigenvalue weighted by Crippen LogP contribution is -2.20. The van der Waals surface area contributed by atoms with E-state index in [9.17, 15) is 0 Å². The van der Waals surface area contributed by atoms with Crippen LogP contribution < -0.4 is 15.4 Å². The van der Waals surface area contributed by atoms with E-state index in [1.807, 2.05) is 37.4 Å². The molecule has 2 N–H and O–H groups in total. The number of nitrogens with two attached hydrogens (primary N) is 1. The third-order valence-corrected chi connectivity index (χ3v) is 3.05. The second-order valence-electron chi connectivity index (χ2n) is 4.36. The highest BCUT2D eigenvalue weighted by molar-refractivity contribution is 5.47. The van der Waals surface area contributed by atoms with E-state index < -0.39 is 0 Å². The zero-order valence-corrected chi connectivity index (χ0v) is 11.3. The summed E-state index contributed by atoms with van der Waals surface area (Å²) in [6.45, 7) is 1.22. The summed E-state index contributed by atoms with van der Waals surface area (Å²) in [5, 5.41) is 0. The van der Waals surface area contributed by atoms with Crippen LogP contribution in [0.3, 0.4) is 0 Å². The van der Waals surface area contributed by atoms with E-state index >= 15 is 0 Å². The Kier molecular flexibility index (Phi) is 4.36. The maximum atomic E-state index is 5.75. The second-order valence-corrected chi connectivity index (χ2v) is 4.36. The topological polar surface area (TPSA) is 51.4 Å². The van der Waals surface area contributed by atoms with Gasteiger partial charge in [0.15, 0.2) is 0 Å². The van der Waals surface area contributed by atoms with Crippen molar-refractivity contribution in [3.8, 4) is 5.75 Å². The molecule has 0 unspecified atom stereocenters. The van der Waals surface area contributed by atoms with Gasteiger partial charge in [-0.2, -0.15) is 0 Å². The molecule has 0 radical (unpaired) electrons. The molecule has 2 aromatic rings. The largest absolute Gasteiger partial charge is 0.496 e. The number of para-hydroxylation sites is 1. The molecular formula is C15H19N3O. The van der Waals surface area contributed by atoms with Gasteiger partial charge in [-0.3, -0.25) is 0 Å². The van der Waals surface area contributed by atoms with Crippen LogP contribution >= 0.6 is 0 Å². The molecule has 0 aliphatic rings. The molecule has 0 fully saturated rings. The lowest BCUT2D eigenvalue weighted by molar-refractivity contribution is 0.409. The molecule has 1 aromatic carbocycles. The van der Waals surface area contributed by atoms with E-state index in [-0.39, 0.29) is 0 Å². The highest BCUT2D eigenvalue weighted by atomic mass is 16.5. The predicted molar refractivity (Wildman–Crippen MR) is 77.2 cm³/mol. The van der Waals surface area contributed by atoms with E-state index in [0.29, 0.717) is 6.54 Å². The fourth-order valence-electron chi connectivity index (χ4n) is 2.10. The molecule has 0 amide bonds. The van der Waals surface area contributed by atoms with Gasteiger partial charge in [0.1, 0.15) is 11.6 Å². The molecule has 4 nitrogen and oxygen atoms in total. The quantitative estimate of drug-likeness (QED) is 0.892. The lowest BCUT2D eigenvalue weighted by Gasteiger charge is -2.21. The minimum Gasteiger partial charge on any atom is -0.496 e. The van der Waals surface area contributed by atoms with E-state index in [1.54, 1.807) is 13.3 Å². The van der Waals surface area contributed by atoms with Gasteiger partial charge >= 0.3 is 0 Å². The monoisotopic (exact) mass is 257 g/mol. The van der Waals surface area contributed by atoms with Gasteiger partial charge in [-0.25, -0.2) is 4.98 Å². The molecule has 0 atom stereocenters. The molecule has 4 heteroatoms. The summed E-state index contributed by atoms with van der Waals surface area (Å²) in [4.78, 5) is 6.49. The Morgan fingerprint density at radius 3 is 2.63 bits per heavy atom. The molecule has 100 valence electrons. The minimum atomic E-state index is 0.486. The van der Waals surface area contributed by atoms with Crippen molar-refractivity contribution in [2.75, 3.05) is 19.1 Å². The maximum absolute atomic E-state index is 5.75. The minimum absolute atomic E-state index is 0.486. The predicted octanol–water partition coefficient (Wildman–Crippen LogP) is 2.19. The lowest BCUT2D eigenvalue weighted by atomic mass is 10.1. The molecule has 0 aliphatic heterocycles. The van der Waals surface area contributed by atoms with E-state index in [2.05, 4.69) is 16.0 Å². The highest BCUT2D eigenvalue weighted by Crippen LogP contribution is 2.22. The smallest absolute Gasteiger partial charge is 0.133 e. The third kappa shape index (κ3) is 3.03. The average Bonchev–Trinajstić information content (AvgIpc) is 2.47. The van der Waals surface area contributed by atoms with E-state index in [1.165, 1.54) is 0 Å². The Bertz CT molecular complexity index is 542. The zero-order chi connectivity index (χ0) is 13.7. The first-order valence-corrected chi connectivity index (χ1v) is 6.23. The summed E-state index contributed by atoms with van der Waals surface area (Å²) >= 11 is 0. The number of ether oxygens (including phenoxy) is 1. The van der Waals surface area contributed by atoms with Crippen LogP contribution in [0.4, 0.5) is 5.82 Å². The number of nitrogens with zero attached hydrogens (tertiary/aromatic N) is 2. The summed E-state index contributed by atoms with van der Waals surface area (Å²) < 4.78 is 5.37. The fraction of sp³-hybridized carbons (Fsp3) is 0.267. The van der Waals surface area contributed by atoms with Gasteiger partial charge in [-0.1, -0.05) is 24.3 Å². The van der Waals surface area contributed by atoms with Gasteiger partial charge in [0, 0.05) is 37.5 Å². The molecule has 19 heavy (non-hydrogen) atoms. The molecule has 2 rings (SSSR count). The van der Waals surface area contributed by atoms with Crippen LogP contribution in [0.1, 0.15) is 11.1 Å². The molecule has 0 aliphatic carbocycles. The Labute approximate surface area is 113 Å². The zero-order valence-electron chi connectivity index (χ0n) is 11.3. The number of aromatic nitrogens is 1. The molecule has 0 saturated carbocycles. The molecule has 1 aromatic heterocycles. The number of hydrogen-bond acceptors (Lipinski definition) is 4. The summed E-state index contributed by atoms with van der Waals surface area (Å²) in [5.74, 6) is 1.80. The molecule has 0 saturated heterocycles. The van der Waals surface area contributed by atoms with Crippen molar-refractivity contribution >= 4 is 5.82 Å². The summed E-state index contributed by atoms with van der Waals surface area (Å²) in [6.07, 6.45) is 1.78. The average molecular weight is 257 g/mol. The van der Waals surface area contributed by atoms with E-state index in [4.69, 9.17) is 10.5 Å². The second kappa shape index (κ2) is 6.20. The van der Waals surface area contributed by atoms with Gasteiger partial charge in [0.05, 0.1) is 7.11 Å². The van der Waals surface area contributed by atoms with Crippen molar-refractivity contribution in [3.63, 3.8) is 0 Å². The van der Waals surface area contributed by atoms with Crippen molar-refractivity contribution in [2.24, 2.45) is 5.73 Å². The van der Waals surface area contributed by atoms with Crippen LogP contribution in [-0.4, -0.2) is 19.1 Å². The number of hydrogen-bond donors (Lipinski definition) is 1. The van der Waals surface area contributed by atoms with Crippen LogP contribution in [0.25, 0.3) is 0 Å². The normalized spacial score (nSPS) is 10.3. The molecule has 0 bridgehead atoms. The van der Waals surface area contributed by atoms with Crippen LogP contribution in [-0.2, 0) is 13.1 Å². The van der Waals surface area contributed by atoms with Crippen LogP contribution in [0.2, 0.25) is 0 Å². The first kappa shape index (κ1) is 13.4. The maximum Gasteiger partial charge on any atom is 0.133 e. The van der Waals surface area contributed by atoms with Crippen molar-refractivity contribution < 1.29 is 4.74 Å². The fourth-order valence-corrected chi connectivity index (χ4v) is 2.10. The highest BCUT2D eigenvalue weighted by Gasteiger charge is 2.10. The number of benzene rings is 1. The summed E-state index contributed by atoms with van der Waals surface area (Å²) in [7, 11) is 3.69. The number of methoxy groups -OCH3 is 1.